The van der Waals surface area contributed by atoms with E-state index >= 15 is 0 Å². The minimum Gasteiger partial charge on any atom is -0.493 e. The summed E-state index contributed by atoms with van der Waals surface area (Å²) in [7, 11) is 0. The highest BCUT2D eigenvalue weighted by molar-refractivity contribution is 6.04. The van der Waals surface area contributed by atoms with E-state index in [1.165, 1.54) is 19.3 Å². The summed E-state index contributed by atoms with van der Waals surface area (Å²) in [6, 6.07) is 13.1. The minimum absolute atomic E-state index is 0.0909. The monoisotopic (exact) mass is 449 g/mol. The van der Waals surface area contributed by atoms with Gasteiger partial charge >= 0.3 is 5.97 Å². The second-order valence-corrected chi connectivity index (χ2v) is 8.55. The Morgan fingerprint density at radius 2 is 1.94 bits per heavy atom. The molecule has 1 unspecified atom stereocenters. The van der Waals surface area contributed by atoms with E-state index in [0.717, 1.165) is 36.3 Å². The summed E-state index contributed by atoms with van der Waals surface area (Å²) in [5.41, 5.74) is 3.26. The molecule has 4 rings (SSSR count). The molecule has 2 aromatic carbocycles. The SMILES string of the molecule is CCOC(=O)CC1COc2cc(C(=O)Nc3ccc(/C=N/N4CCCCC4)cc3)ccc2C1. The van der Waals surface area contributed by atoms with Crippen LogP contribution in [0.25, 0.3) is 0 Å². The van der Waals surface area contributed by atoms with E-state index in [0.29, 0.717) is 30.9 Å². The number of hydrogen-bond donors (Lipinski definition) is 1. The Kier molecular flexibility index (Phi) is 7.60. The van der Waals surface area contributed by atoms with Crippen molar-refractivity contribution in [3.63, 3.8) is 0 Å². The second-order valence-electron chi connectivity index (χ2n) is 8.55. The molecule has 7 nitrogen and oxygen atoms in total. The fourth-order valence-corrected chi connectivity index (χ4v) is 4.16. The van der Waals surface area contributed by atoms with E-state index in [4.69, 9.17) is 9.47 Å². The van der Waals surface area contributed by atoms with Gasteiger partial charge < -0.3 is 14.8 Å². The molecule has 2 aliphatic rings. The molecule has 1 N–H and O–H groups in total. The summed E-state index contributed by atoms with van der Waals surface area (Å²) in [5.74, 6) is 0.402. The van der Waals surface area contributed by atoms with Crippen molar-refractivity contribution in [1.29, 1.82) is 0 Å². The quantitative estimate of drug-likeness (QED) is 0.505. The number of amides is 1. The normalized spacial score (nSPS) is 17.8. The van der Waals surface area contributed by atoms with Crippen LogP contribution in [0, 0.1) is 5.92 Å². The zero-order valence-electron chi connectivity index (χ0n) is 19.1. The van der Waals surface area contributed by atoms with Crippen LogP contribution in [0.4, 0.5) is 5.69 Å². The predicted octanol–water partition coefficient (Wildman–Crippen LogP) is 4.26. The zero-order chi connectivity index (χ0) is 23.0. The molecule has 1 fully saturated rings. The smallest absolute Gasteiger partial charge is 0.306 e. The molecule has 0 saturated carbocycles. The van der Waals surface area contributed by atoms with Gasteiger partial charge in [-0.15, -0.1) is 0 Å². The van der Waals surface area contributed by atoms with Gasteiger partial charge in [-0.25, -0.2) is 0 Å². The Hall–Kier alpha value is -3.35. The van der Waals surface area contributed by atoms with Gasteiger partial charge in [0.2, 0.25) is 0 Å². The minimum atomic E-state index is -0.200. The largest absolute Gasteiger partial charge is 0.493 e. The highest BCUT2D eigenvalue weighted by Gasteiger charge is 2.24. The van der Waals surface area contributed by atoms with Gasteiger partial charge in [0.15, 0.2) is 0 Å². The van der Waals surface area contributed by atoms with Crippen LogP contribution >= 0.6 is 0 Å². The van der Waals surface area contributed by atoms with E-state index in [9.17, 15) is 9.59 Å². The van der Waals surface area contributed by atoms with Crippen LogP contribution in [-0.2, 0) is 16.0 Å². The van der Waals surface area contributed by atoms with Gasteiger partial charge in [0.05, 0.1) is 25.8 Å². The molecule has 33 heavy (non-hydrogen) atoms. The highest BCUT2D eigenvalue weighted by Crippen LogP contribution is 2.30. The molecule has 174 valence electrons. The number of hydrogen-bond acceptors (Lipinski definition) is 6. The summed E-state index contributed by atoms with van der Waals surface area (Å²) in [4.78, 5) is 24.5. The first-order valence-corrected chi connectivity index (χ1v) is 11.7. The fraction of sp³-hybridized carbons (Fsp3) is 0.423. The van der Waals surface area contributed by atoms with Crippen molar-refractivity contribution in [3.05, 3.63) is 59.2 Å². The van der Waals surface area contributed by atoms with Gasteiger partial charge in [-0.05, 0) is 68.0 Å². The van der Waals surface area contributed by atoms with Crippen molar-refractivity contribution in [2.24, 2.45) is 11.0 Å². The number of nitrogens with one attached hydrogen (secondary N) is 1. The molecule has 1 atom stereocenters. The van der Waals surface area contributed by atoms with Gasteiger partial charge in [0.25, 0.3) is 5.91 Å². The van der Waals surface area contributed by atoms with Crippen LogP contribution in [0.1, 0.15) is 54.1 Å². The number of fused-ring (bicyclic) bond motifs is 1. The molecule has 0 bridgehead atoms. The number of nitrogens with zero attached hydrogens (tertiary/aromatic N) is 2. The second kappa shape index (κ2) is 11.0. The summed E-state index contributed by atoms with van der Waals surface area (Å²) >= 11 is 0. The molecule has 0 aliphatic carbocycles. The Morgan fingerprint density at radius 1 is 1.15 bits per heavy atom. The van der Waals surface area contributed by atoms with Crippen molar-refractivity contribution in [1.82, 2.24) is 5.01 Å². The highest BCUT2D eigenvalue weighted by atomic mass is 16.5. The van der Waals surface area contributed by atoms with E-state index in [-0.39, 0.29) is 17.8 Å². The summed E-state index contributed by atoms with van der Waals surface area (Å²) in [6.07, 6.45) is 6.62. The van der Waals surface area contributed by atoms with Crippen LogP contribution in [-0.4, -0.2) is 49.4 Å². The summed E-state index contributed by atoms with van der Waals surface area (Å²) in [6.45, 7) is 4.66. The van der Waals surface area contributed by atoms with Gasteiger partial charge in [-0.2, -0.15) is 5.10 Å². The van der Waals surface area contributed by atoms with Crippen molar-refractivity contribution in [2.45, 2.75) is 39.0 Å². The van der Waals surface area contributed by atoms with E-state index < -0.39 is 0 Å². The van der Waals surface area contributed by atoms with Crippen molar-refractivity contribution in [3.8, 4) is 5.75 Å². The molecular formula is C26H31N3O4. The topological polar surface area (TPSA) is 80.2 Å². The molecule has 7 heteroatoms. The van der Waals surface area contributed by atoms with Gasteiger partial charge in [0, 0.05) is 30.3 Å². The summed E-state index contributed by atoms with van der Waals surface area (Å²) in [5, 5.41) is 9.59. The van der Waals surface area contributed by atoms with Crippen LogP contribution in [0.2, 0.25) is 0 Å². The maximum absolute atomic E-state index is 12.7. The van der Waals surface area contributed by atoms with Crippen molar-refractivity contribution in [2.75, 3.05) is 31.6 Å². The Balaban J connectivity index is 1.32. The van der Waals surface area contributed by atoms with Crippen LogP contribution in [0.15, 0.2) is 47.6 Å². The van der Waals surface area contributed by atoms with E-state index in [1.54, 1.807) is 19.1 Å². The number of esters is 1. The van der Waals surface area contributed by atoms with Crippen LogP contribution in [0.5, 0.6) is 5.75 Å². The average Bonchev–Trinajstić information content (AvgIpc) is 2.84. The average molecular weight is 450 g/mol. The van der Waals surface area contributed by atoms with Gasteiger partial charge in [0.1, 0.15) is 5.75 Å². The predicted molar refractivity (Wildman–Crippen MR) is 128 cm³/mol. The third-order valence-electron chi connectivity index (χ3n) is 5.94. The first-order valence-electron chi connectivity index (χ1n) is 11.7. The number of benzene rings is 2. The van der Waals surface area contributed by atoms with E-state index in [1.807, 2.05) is 36.5 Å². The number of rotatable bonds is 7. The molecule has 2 heterocycles. The van der Waals surface area contributed by atoms with E-state index in [2.05, 4.69) is 15.4 Å². The number of ether oxygens (including phenoxy) is 2. The first-order chi connectivity index (χ1) is 16.1. The first kappa shape index (κ1) is 22.8. The van der Waals surface area contributed by atoms with Crippen LogP contribution in [0.3, 0.4) is 0 Å². The van der Waals surface area contributed by atoms with Crippen LogP contribution < -0.4 is 10.1 Å². The maximum atomic E-state index is 12.7. The lowest BCUT2D eigenvalue weighted by atomic mass is 9.93. The molecule has 2 aliphatic heterocycles. The molecular weight excluding hydrogens is 418 g/mol. The molecule has 0 aromatic heterocycles. The molecule has 1 amide bonds. The Bertz CT molecular complexity index is 997. The molecule has 1 saturated heterocycles. The van der Waals surface area contributed by atoms with Gasteiger partial charge in [-0.3, -0.25) is 14.6 Å². The number of carbonyl (C=O) groups excluding carboxylic acids is 2. The fourth-order valence-electron chi connectivity index (χ4n) is 4.16. The lowest BCUT2D eigenvalue weighted by Gasteiger charge is -2.25. The van der Waals surface area contributed by atoms with Crippen molar-refractivity contribution < 1.29 is 19.1 Å². The van der Waals surface area contributed by atoms with Crippen molar-refractivity contribution >= 4 is 23.8 Å². The third-order valence-corrected chi connectivity index (χ3v) is 5.94. The number of carbonyl (C=O) groups is 2. The third kappa shape index (κ3) is 6.34. The Morgan fingerprint density at radius 3 is 2.70 bits per heavy atom. The molecule has 2 aromatic rings. The molecule has 0 spiro atoms. The number of anilines is 1. The maximum Gasteiger partial charge on any atom is 0.306 e. The standard InChI is InChI=1S/C26H31N3O4/c1-2-32-25(30)15-20-14-21-8-9-22(16-24(21)33-18-20)26(31)28-23-10-6-19(7-11-23)17-27-29-12-4-3-5-13-29/h6-11,16-17,20H,2-5,12-15,18H2,1H3,(H,28,31)/b27-17+. The Labute approximate surface area is 194 Å². The number of hydrazone groups is 1. The van der Waals surface area contributed by atoms with Gasteiger partial charge in [-0.1, -0.05) is 18.2 Å². The lowest BCUT2D eigenvalue weighted by Crippen LogP contribution is -2.24. The lowest BCUT2D eigenvalue weighted by molar-refractivity contribution is -0.144. The number of piperidine rings is 1. The molecule has 0 radical (unpaired) electrons. The zero-order valence-corrected chi connectivity index (χ0v) is 19.1. The summed E-state index contributed by atoms with van der Waals surface area (Å²) < 4.78 is 10.9.